The van der Waals surface area contributed by atoms with E-state index in [1.165, 1.54) is 0 Å². The fourth-order valence-corrected chi connectivity index (χ4v) is 2.46. The molecule has 0 atom stereocenters. The summed E-state index contributed by atoms with van der Waals surface area (Å²) in [5.74, 6) is 0.427. The SMILES string of the molecule is COc1ccccc1Nc1ccc(C(=O)Nc2cccc(Cl)c2)nc1. The highest BCUT2D eigenvalue weighted by Gasteiger charge is 2.09. The van der Waals surface area contributed by atoms with Crippen molar-refractivity contribution < 1.29 is 9.53 Å². The van der Waals surface area contributed by atoms with E-state index in [2.05, 4.69) is 15.6 Å². The van der Waals surface area contributed by atoms with Crippen molar-refractivity contribution in [2.24, 2.45) is 0 Å². The lowest BCUT2D eigenvalue weighted by Crippen LogP contribution is -2.13. The lowest BCUT2D eigenvalue weighted by Gasteiger charge is -2.11. The number of hydrogen-bond donors (Lipinski definition) is 2. The van der Waals surface area contributed by atoms with Crippen LogP contribution in [0.1, 0.15) is 10.5 Å². The molecule has 2 N–H and O–H groups in total. The molecule has 0 aliphatic rings. The van der Waals surface area contributed by atoms with Gasteiger partial charge >= 0.3 is 0 Å². The summed E-state index contributed by atoms with van der Waals surface area (Å²) in [6.07, 6.45) is 1.60. The number of nitrogens with one attached hydrogen (secondary N) is 2. The molecule has 0 spiro atoms. The van der Waals surface area contributed by atoms with E-state index in [9.17, 15) is 4.79 Å². The van der Waals surface area contributed by atoms with Gasteiger partial charge in [-0.15, -0.1) is 0 Å². The van der Waals surface area contributed by atoms with Crippen molar-refractivity contribution in [2.75, 3.05) is 17.7 Å². The number of halogens is 1. The minimum atomic E-state index is -0.300. The van der Waals surface area contributed by atoms with Gasteiger partial charge in [0, 0.05) is 10.7 Å². The van der Waals surface area contributed by atoms with Gasteiger partial charge in [-0.2, -0.15) is 0 Å². The van der Waals surface area contributed by atoms with Gasteiger partial charge in [-0.25, -0.2) is 4.98 Å². The molecule has 0 radical (unpaired) electrons. The van der Waals surface area contributed by atoms with Crippen molar-refractivity contribution in [1.29, 1.82) is 0 Å². The minimum Gasteiger partial charge on any atom is -0.495 e. The number of para-hydroxylation sites is 2. The van der Waals surface area contributed by atoms with E-state index in [1.54, 1.807) is 49.7 Å². The topological polar surface area (TPSA) is 63.2 Å². The van der Waals surface area contributed by atoms with Gasteiger partial charge < -0.3 is 15.4 Å². The number of ether oxygens (including phenoxy) is 1. The Bertz CT molecular complexity index is 882. The van der Waals surface area contributed by atoms with E-state index >= 15 is 0 Å². The number of carbonyl (C=O) groups excluding carboxylic acids is 1. The lowest BCUT2D eigenvalue weighted by molar-refractivity contribution is 0.102. The molecule has 0 saturated heterocycles. The smallest absolute Gasteiger partial charge is 0.274 e. The molecule has 2 aromatic carbocycles. The number of benzene rings is 2. The van der Waals surface area contributed by atoms with E-state index in [-0.39, 0.29) is 5.91 Å². The van der Waals surface area contributed by atoms with Crippen LogP contribution < -0.4 is 15.4 Å². The summed E-state index contributed by atoms with van der Waals surface area (Å²) in [5, 5.41) is 6.53. The highest BCUT2D eigenvalue weighted by Crippen LogP contribution is 2.26. The number of amides is 1. The number of aromatic nitrogens is 1. The third-order valence-corrected chi connectivity index (χ3v) is 3.70. The van der Waals surface area contributed by atoms with Crippen LogP contribution in [0.5, 0.6) is 5.75 Å². The number of methoxy groups -OCH3 is 1. The Kier molecular flexibility index (Phi) is 5.16. The number of hydrogen-bond acceptors (Lipinski definition) is 4. The van der Waals surface area contributed by atoms with Gasteiger partial charge in [0.15, 0.2) is 0 Å². The molecule has 1 aromatic heterocycles. The molecule has 6 heteroatoms. The van der Waals surface area contributed by atoms with Crippen molar-refractivity contribution >= 4 is 34.6 Å². The summed E-state index contributed by atoms with van der Waals surface area (Å²) < 4.78 is 5.30. The molecule has 0 bridgehead atoms. The molecule has 3 aromatic rings. The zero-order valence-electron chi connectivity index (χ0n) is 13.5. The Labute approximate surface area is 150 Å². The van der Waals surface area contributed by atoms with E-state index in [1.807, 2.05) is 24.3 Å². The fourth-order valence-electron chi connectivity index (χ4n) is 2.27. The molecule has 25 heavy (non-hydrogen) atoms. The first kappa shape index (κ1) is 16.8. The Hall–Kier alpha value is -3.05. The van der Waals surface area contributed by atoms with Crippen molar-refractivity contribution in [3.8, 4) is 5.75 Å². The maximum absolute atomic E-state index is 12.2. The van der Waals surface area contributed by atoms with Gasteiger partial charge in [-0.3, -0.25) is 4.79 Å². The van der Waals surface area contributed by atoms with Crippen molar-refractivity contribution in [3.05, 3.63) is 77.6 Å². The number of pyridine rings is 1. The lowest BCUT2D eigenvalue weighted by atomic mass is 10.2. The summed E-state index contributed by atoms with van der Waals surface area (Å²) in [4.78, 5) is 16.4. The quantitative estimate of drug-likeness (QED) is 0.695. The second-order valence-corrected chi connectivity index (χ2v) is 5.66. The summed E-state index contributed by atoms with van der Waals surface area (Å²) in [6.45, 7) is 0. The molecule has 0 aliphatic heterocycles. The number of anilines is 3. The van der Waals surface area contributed by atoms with E-state index in [0.717, 1.165) is 17.1 Å². The molecule has 1 amide bonds. The maximum Gasteiger partial charge on any atom is 0.274 e. The Morgan fingerprint density at radius 2 is 1.88 bits per heavy atom. The first-order chi connectivity index (χ1) is 12.2. The Morgan fingerprint density at radius 1 is 1.04 bits per heavy atom. The number of rotatable bonds is 5. The van der Waals surface area contributed by atoms with Crippen molar-refractivity contribution in [2.45, 2.75) is 0 Å². The van der Waals surface area contributed by atoms with E-state index in [0.29, 0.717) is 16.4 Å². The standard InChI is InChI=1S/C19H16ClN3O2/c1-25-18-8-3-2-7-16(18)22-15-9-10-17(21-12-15)19(24)23-14-6-4-5-13(20)11-14/h2-12,22H,1H3,(H,23,24). The molecule has 0 unspecified atom stereocenters. The third-order valence-electron chi connectivity index (χ3n) is 3.46. The van der Waals surface area contributed by atoms with Crippen LogP contribution in [0.4, 0.5) is 17.1 Å². The van der Waals surface area contributed by atoms with E-state index in [4.69, 9.17) is 16.3 Å². The zero-order valence-corrected chi connectivity index (χ0v) is 14.2. The van der Waals surface area contributed by atoms with Crippen LogP contribution in [0.25, 0.3) is 0 Å². The van der Waals surface area contributed by atoms with Gasteiger partial charge in [0.05, 0.1) is 24.7 Å². The van der Waals surface area contributed by atoms with Crippen LogP contribution in [0, 0.1) is 0 Å². The Morgan fingerprint density at radius 3 is 2.60 bits per heavy atom. The van der Waals surface area contributed by atoms with Gasteiger partial charge in [-0.1, -0.05) is 29.8 Å². The second-order valence-electron chi connectivity index (χ2n) is 5.22. The molecule has 3 rings (SSSR count). The van der Waals surface area contributed by atoms with Gasteiger partial charge in [0.25, 0.3) is 5.91 Å². The first-order valence-corrected chi connectivity index (χ1v) is 7.96. The molecule has 0 fully saturated rings. The summed E-state index contributed by atoms with van der Waals surface area (Å²) in [7, 11) is 1.61. The first-order valence-electron chi connectivity index (χ1n) is 7.59. The predicted octanol–water partition coefficient (Wildman–Crippen LogP) is 4.74. The zero-order chi connectivity index (χ0) is 17.6. The van der Waals surface area contributed by atoms with Crippen LogP contribution >= 0.6 is 11.6 Å². The third kappa shape index (κ3) is 4.28. The molecular formula is C19H16ClN3O2. The van der Waals surface area contributed by atoms with Gasteiger partial charge in [0.2, 0.25) is 0 Å². The van der Waals surface area contributed by atoms with Crippen molar-refractivity contribution in [3.63, 3.8) is 0 Å². The molecule has 0 saturated carbocycles. The van der Waals surface area contributed by atoms with Crippen LogP contribution in [-0.2, 0) is 0 Å². The molecule has 5 nitrogen and oxygen atoms in total. The monoisotopic (exact) mass is 353 g/mol. The molecule has 1 heterocycles. The molecule has 126 valence electrons. The number of carbonyl (C=O) groups is 1. The molecular weight excluding hydrogens is 338 g/mol. The number of nitrogens with zero attached hydrogens (tertiary/aromatic N) is 1. The second kappa shape index (κ2) is 7.68. The van der Waals surface area contributed by atoms with Crippen molar-refractivity contribution in [1.82, 2.24) is 4.98 Å². The van der Waals surface area contributed by atoms with Crippen LogP contribution in [0.3, 0.4) is 0 Å². The van der Waals surface area contributed by atoms with Gasteiger partial charge in [0.1, 0.15) is 11.4 Å². The summed E-state index contributed by atoms with van der Waals surface area (Å²) >= 11 is 5.91. The maximum atomic E-state index is 12.2. The van der Waals surface area contributed by atoms with Gasteiger partial charge in [-0.05, 0) is 42.5 Å². The fraction of sp³-hybridized carbons (Fsp3) is 0.0526. The van der Waals surface area contributed by atoms with Crippen LogP contribution in [0.15, 0.2) is 66.9 Å². The average Bonchev–Trinajstić information content (AvgIpc) is 2.63. The highest BCUT2D eigenvalue weighted by molar-refractivity contribution is 6.30. The largest absolute Gasteiger partial charge is 0.495 e. The minimum absolute atomic E-state index is 0.300. The Balaban J connectivity index is 1.70. The summed E-state index contributed by atoms with van der Waals surface area (Å²) in [6, 6.07) is 18.0. The van der Waals surface area contributed by atoms with E-state index < -0.39 is 0 Å². The molecule has 0 aliphatic carbocycles. The van der Waals surface area contributed by atoms with Crippen LogP contribution in [0.2, 0.25) is 5.02 Å². The predicted molar refractivity (Wildman–Crippen MR) is 99.9 cm³/mol. The highest BCUT2D eigenvalue weighted by atomic mass is 35.5. The average molecular weight is 354 g/mol. The van der Waals surface area contributed by atoms with Crippen LogP contribution in [-0.4, -0.2) is 18.0 Å². The summed E-state index contributed by atoms with van der Waals surface area (Å²) in [5.41, 5.74) is 2.51. The normalized spacial score (nSPS) is 10.2.